The molecule has 0 bridgehead atoms. The van der Waals surface area contributed by atoms with E-state index in [9.17, 15) is 4.79 Å². The van der Waals surface area contributed by atoms with Gasteiger partial charge in [0, 0.05) is 17.3 Å². The first-order valence-electron chi connectivity index (χ1n) is 5.80. The van der Waals surface area contributed by atoms with Crippen LogP contribution >= 0.6 is 19.9 Å². The van der Waals surface area contributed by atoms with Crippen molar-refractivity contribution in [1.82, 2.24) is 0 Å². The van der Waals surface area contributed by atoms with E-state index < -0.39 is 8.30 Å². The van der Waals surface area contributed by atoms with Crippen molar-refractivity contribution in [2.24, 2.45) is 0 Å². The van der Waals surface area contributed by atoms with Crippen molar-refractivity contribution in [3.8, 4) is 5.75 Å². The Kier molecular flexibility index (Phi) is 3.17. The van der Waals surface area contributed by atoms with Crippen LogP contribution in [0.5, 0.6) is 5.75 Å². The topological polar surface area (TPSA) is 29.5 Å². The largest absolute Gasteiger partial charge is 0.446 e. The Labute approximate surface area is 117 Å². The van der Waals surface area contributed by atoms with E-state index in [1.807, 2.05) is 30.3 Å². The van der Waals surface area contributed by atoms with Crippen LogP contribution in [0.25, 0.3) is 0 Å². The summed E-state index contributed by atoms with van der Waals surface area (Å²) >= 11 is 6.00. The van der Waals surface area contributed by atoms with Crippen LogP contribution in [-0.4, -0.2) is 5.91 Å². The summed E-state index contributed by atoms with van der Waals surface area (Å²) in [5.41, 5.74) is 0.745. The molecule has 19 heavy (non-hydrogen) atoms. The van der Waals surface area contributed by atoms with Gasteiger partial charge in [-0.05, 0) is 30.3 Å². The van der Waals surface area contributed by atoms with Crippen LogP contribution in [0.1, 0.15) is 6.92 Å². The smallest absolute Gasteiger partial charge is 0.232 e. The number of benzene rings is 2. The minimum atomic E-state index is -1.16. The average Bonchev–Trinajstić information content (AvgIpc) is 2.78. The first kappa shape index (κ1) is 12.5. The highest BCUT2D eigenvalue weighted by atomic mass is 35.5. The van der Waals surface area contributed by atoms with E-state index in [2.05, 4.69) is 0 Å². The molecule has 2 aromatic rings. The Morgan fingerprint density at radius 1 is 1.21 bits per heavy atom. The van der Waals surface area contributed by atoms with Gasteiger partial charge in [-0.2, -0.15) is 0 Å². The second-order valence-electron chi connectivity index (χ2n) is 4.14. The number of fused-ring (bicyclic) bond motifs is 1. The quantitative estimate of drug-likeness (QED) is 0.749. The predicted octanol–water partition coefficient (Wildman–Crippen LogP) is 3.72. The lowest BCUT2D eigenvalue weighted by Gasteiger charge is -2.20. The molecule has 1 aliphatic heterocycles. The normalized spacial score (nSPS) is 16.9. The van der Waals surface area contributed by atoms with Gasteiger partial charge in [0.05, 0.1) is 5.69 Å². The van der Waals surface area contributed by atoms with E-state index in [0.29, 0.717) is 10.8 Å². The van der Waals surface area contributed by atoms with Crippen LogP contribution in [-0.2, 0) is 4.79 Å². The maximum atomic E-state index is 11.9. The predicted molar refractivity (Wildman–Crippen MR) is 78.2 cm³/mol. The third kappa shape index (κ3) is 2.20. The summed E-state index contributed by atoms with van der Waals surface area (Å²) in [6.45, 7) is 1.54. The molecule has 1 aliphatic rings. The van der Waals surface area contributed by atoms with Crippen molar-refractivity contribution in [2.45, 2.75) is 6.92 Å². The average molecular weight is 292 g/mol. The Morgan fingerprint density at radius 2 is 1.95 bits per heavy atom. The van der Waals surface area contributed by atoms with Gasteiger partial charge in [0.15, 0.2) is 0 Å². The number of hydrogen-bond acceptors (Lipinski definition) is 2. The number of halogens is 1. The van der Waals surface area contributed by atoms with Crippen LogP contribution in [0.4, 0.5) is 5.69 Å². The molecule has 0 saturated carbocycles. The van der Waals surface area contributed by atoms with Crippen LogP contribution in [0.2, 0.25) is 5.02 Å². The zero-order valence-corrected chi connectivity index (χ0v) is 11.9. The minimum Gasteiger partial charge on any atom is -0.446 e. The third-order valence-electron chi connectivity index (χ3n) is 2.79. The van der Waals surface area contributed by atoms with Gasteiger partial charge >= 0.3 is 0 Å². The fourth-order valence-corrected chi connectivity index (χ4v) is 3.95. The maximum Gasteiger partial charge on any atom is 0.232 e. The lowest BCUT2D eigenvalue weighted by Crippen LogP contribution is -2.25. The molecule has 3 rings (SSSR count). The van der Waals surface area contributed by atoms with E-state index in [0.717, 1.165) is 11.0 Å². The second-order valence-corrected chi connectivity index (χ2v) is 6.22. The molecule has 0 fully saturated rings. The molecule has 0 N–H and O–H groups in total. The van der Waals surface area contributed by atoms with E-state index >= 15 is 0 Å². The first-order valence-corrected chi connectivity index (χ1v) is 7.39. The zero-order chi connectivity index (χ0) is 13.4. The monoisotopic (exact) mass is 291 g/mol. The highest BCUT2D eigenvalue weighted by molar-refractivity contribution is 7.64. The summed E-state index contributed by atoms with van der Waals surface area (Å²) in [5.74, 6) is 0.658. The SMILES string of the molecule is CC(=O)N1c2cc(Cl)ccc2OP1c1ccccc1. The van der Waals surface area contributed by atoms with Gasteiger partial charge in [0.2, 0.25) is 14.2 Å². The van der Waals surface area contributed by atoms with Crippen molar-refractivity contribution >= 4 is 36.8 Å². The zero-order valence-electron chi connectivity index (χ0n) is 10.2. The summed E-state index contributed by atoms with van der Waals surface area (Å²) in [7, 11) is -1.16. The van der Waals surface area contributed by atoms with Gasteiger partial charge in [0.1, 0.15) is 5.75 Å². The van der Waals surface area contributed by atoms with Crippen molar-refractivity contribution in [1.29, 1.82) is 0 Å². The number of carbonyl (C=O) groups is 1. The molecule has 0 saturated heterocycles. The third-order valence-corrected chi connectivity index (χ3v) is 5.00. The van der Waals surface area contributed by atoms with Crippen LogP contribution in [0.15, 0.2) is 48.5 Å². The molecule has 0 spiro atoms. The first-order chi connectivity index (χ1) is 9.16. The highest BCUT2D eigenvalue weighted by Crippen LogP contribution is 2.55. The molecule has 3 nitrogen and oxygen atoms in total. The van der Waals surface area contributed by atoms with Crippen LogP contribution < -0.4 is 14.5 Å². The summed E-state index contributed by atoms with van der Waals surface area (Å²) in [6.07, 6.45) is 0. The molecular formula is C14H11ClNO2P. The maximum absolute atomic E-state index is 11.9. The molecule has 1 unspecified atom stereocenters. The fourth-order valence-electron chi connectivity index (χ4n) is 1.99. The van der Waals surface area contributed by atoms with Gasteiger partial charge in [-0.15, -0.1) is 0 Å². The lowest BCUT2D eigenvalue weighted by atomic mass is 10.3. The number of amides is 1. The minimum absolute atomic E-state index is 0.0454. The summed E-state index contributed by atoms with van der Waals surface area (Å²) in [6, 6.07) is 15.1. The molecule has 0 aromatic heterocycles. The molecule has 1 heterocycles. The summed E-state index contributed by atoms with van der Waals surface area (Å²) < 4.78 is 7.62. The Bertz CT molecular complexity index is 633. The van der Waals surface area contributed by atoms with Gasteiger partial charge < -0.3 is 4.52 Å². The standard InChI is InChI=1S/C14H11ClNO2P/c1-10(17)16-13-9-11(15)7-8-14(13)18-19(16)12-5-3-2-4-6-12/h2-9H,1H3. The molecule has 96 valence electrons. The molecular weight excluding hydrogens is 281 g/mol. The summed E-state index contributed by atoms with van der Waals surface area (Å²) in [5, 5.41) is 1.60. The van der Waals surface area contributed by atoms with E-state index in [1.54, 1.807) is 22.9 Å². The van der Waals surface area contributed by atoms with Crippen molar-refractivity contribution in [3.05, 3.63) is 53.6 Å². The van der Waals surface area contributed by atoms with Crippen LogP contribution in [0, 0.1) is 0 Å². The van der Waals surface area contributed by atoms with Crippen molar-refractivity contribution in [3.63, 3.8) is 0 Å². The Hall–Kier alpha value is -1.57. The molecule has 0 radical (unpaired) electrons. The highest BCUT2D eigenvalue weighted by Gasteiger charge is 2.36. The molecule has 5 heteroatoms. The van der Waals surface area contributed by atoms with Gasteiger partial charge in [-0.3, -0.25) is 9.46 Å². The molecule has 1 amide bonds. The number of anilines is 1. The number of rotatable bonds is 1. The number of carbonyl (C=O) groups excluding carboxylic acids is 1. The van der Waals surface area contributed by atoms with Gasteiger partial charge in [-0.1, -0.05) is 29.8 Å². The van der Waals surface area contributed by atoms with Gasteiger partial charge in [0.25, 0.3) is 0 Å². The lowest BCUT2D eigenvalue weighted by molar-refractivity contribution is -0.115. The van der Waals surface area contributed by atoms with Gasteiger partial charge in [-0.25, -0.2) is 0 Å². The van der Waals surface area contributed by atoms with Crippen molar-refractivity contribution in [2.75, 3.05) is 4.67 Å². The second kappa shape index (κ2) is 4.84. The number of hydrogen-bond donors (Lipinski definition) is 0. The molecule has 1 atom stereocenters. The fraction of sp³-hybridized carbons (Fsp3) is 0.0714. The van der Waals surface area contributed by atoms with E-state index in [4.69, 9.17) is 16.1 Å². The molecule has 2 aromatic carbocycles. The summed E-state index contributed by atoms with van der Waals surface area (Å²) in [4.78, 5) is 11.9. The molecule has 0 aliphatic carbocycles. The van der Waals surface area contributed by atoms with E-state index in [-0.39, 0.29) is 5.91 Å². The van der Waals surface area contributed by atoms with Crippen LogP contribution in [0.3, 0.4) is 0 Å². The Morgan fingerprint density at radius 3 is 2.63 bits per heavy atom. The number of nitrogens with zero attached hydrogens (tertiary/aromatic N) is 1. The van der Waals surface area contributed by atoms with E-state index in [1.165, 1.54) is 6.92 Å². The Balaban J connectivity index is 2.08. The van der Waals surface area contributed by atoms with Crippen molar-refractivity contribution < 1.29 is 9.32 Å².